The van der Waals surface area contributed by atoms with Gasteiger partial charge >= 0.3 is 5.97 Å². The van der Waals surface area contributed by atoms with Crippen LogP contribution in [-0.4, -0.2) is 59.5 Å². The maximum absolute atomic E-state index is 12.2. The number of imide groups is 1. The SMILES string of the molecule is NCCCC(N)C(=O)N(C(=O)CN)C(CCCN)C(=O)O. The van der Waals surface area contributed by atoms with Crippen LogP contribution in [0.3, 0.4) is 0 Å². The Morgan fingerprint density at radius 1 is 1.00 bits per heavy atom. The Labute approximate surface area is 123 Å². The van der Waals surface area contributed by atoms with Gasteiger partial charge in [-0.15, -0.1) is 0 Å². The minimum atomic E-state index is -1.30. The highest BCUT2D eigenvalue weighted by atomic mass is 16.4. The molecule has 0 aliphatic carbocycles. The van der Waals surface area contributed by atoms with Gasteiger partial charge in [-0.25, -0.2) is 4.79 Å². The highest BCUT2D eigenvalue weighted by Gasteiger charge is 2.35. The van der Waals surface area contributed by atoms with Crippen LogP contribution in [0, 0.1) is 0 Å². The lowest BCUT2D eigenvalue weighted by atomic mass is 10.1. The number of rotatable bonds is 10. The van der Waals surface area contributed by atoms with Gasteiger partial charge in [0.2, 0.25) is 11.8 Å². The number of nitrogens with zero attached hydrogens (tertiary/aromatic N) is 1. The van der Waals surface area contributed by atoms with Crippen LogP contribution < -0.4 is 22.9 Å². The molecule has 0 aromatic rings. The molecule has 0 fully saturated rings. The molecule has 0 saturated carbocycles. The number of carbonyl (C=O) groups excluding carboxylic acids is 2. The second-order valence-corrected chi connectivity index (χ2v) is 4.63. The number of hydrogen-bond acceptors (Lipinski definition) is 7. The number of aliphatic carboxylic acids is 1. The number of amides is 2. The molecule has 0 rings (SSSR count). The van der Waals surface area contributed by atoms with Gasteiger partial charge < -0.3 is 28.0 Å². The molecule has 21 heavy (non-hydrogen) atoms. The van der Waals surface area contributed by atoms with Gasteiger partial charge in [0, 0.05) is 0 Å². The Hall–Kier alpha value is -1.55. The fourth-order valence-electron chi connectivity index (χ4n) is 1.86. The van der Waals surface area contributed by atoms with E-state index in [2.05, 4.69) is 0 Å². The number of carboxylic acids is 1. The van der Waals surface area contributed by atoms with Crippen molar-refractivity contribution in [2.45, 2.75) is 37.8 Å². The molecule has 9 nitrogen and oxygen atoms in total. The fourth-order valence-corrected chi connectivity index (χ4v) is 1.86. The molecule has 0 bridgehead atoms. The second kappa shape index (κ2) is 10.2. The van der Waals surface area contributed by atoms with Gasteiger partial charge in [-0.05, 0) is 38.8 Å². The summed E-state index contributed by atoms with van der Waals surface area (Å²) in [6.07, 6.45) is 1.19. The molecular formula is C12H25N5O4. The summed E-state index contributed by atoms with van der Waals surface area (Å²) >= 11 is 0. The Kier molecular flexibility index (Phi) is 9.46. The summed E-state index contributed by atoms with van der Waals surface area (Å²) in [6.45, 7) is 0.130. The van der Waals surface area contributed by atoms with E-state index in [-0.39, 0.29) is 19.4 Å². The zero-order chi connectivity index (χ0) is 16.4. The molecule has 2 unspecified atom stereocenters. The summed E-state index contributed by atoms with van der Waals surface area (Å²) in [5.41, 5.74) is 21.6. The van der Waals surface area contributed by atoms with Gasteiger partial charge in [-0.2, -0.15) is 0 Å². The minimum Gasteiger partial charge on any atom is -0.480 e. The number of carboxylic acid groups (broad SMARTS) is 1. The predicted octanol–water partition coefficient (Wildman–Crippen LogP) is -2.44. The van der Waals surface area contributed by atoms with Crippen molar-refractivity contribution in [3.05, 3.63) is 0 Å². The van der Waals surface area contributed by atoms with Gasteiger partial charge in [0.1, 0.15) is 6.04 Å². The van der Waals surface area contributed by atoms with E-state index < -0.39 is 36.4 Å². The van der Waals surface area contributed by atoms with E-state index in [1.54, 1.807) is 0 Å². The molecule has 9 N–H and O–H groups in total. The van der Waals surface area contributed by atoms with Crippen molar-refractivity contribution < 1.29 is 19.5 Å². The zero-order valence-corrected chi connectivity index (χ0v) is 12.0. The van der Waals surface area contributed by atoms with Crippen molar-refractivity contribution in [3.63, 3.8) is 0 Å². The van der Waals surface area contributed by atoms with E-state index in [9.17, 15) is 19.5 Å². The van der Waals surface area contributed by atoms with Crippen molar-refractivity contribution in [3.8, 4) is 0 Å². The molecule has 122 valence electrons. The van der Waals surface area contributed by atoms with Crippen LogP contribution in [0.2, 0.25) is 0 Å². The van der Waals surface area contributed by atoms with E-state index >= 15 is 0 Å². The first-order valence-corrected chi connectivity index (χ1v) is 6.85. The summed E-state index contributed by atoms with van der Waals surface area (Å²) in [7, 11) is 0. The predicted molar refractivity (Wildman–Crippen MR) is 76.9 cm³/mol. The van der Waals surface area contributed by atoms with Crippen LogP contribution in [0.25, 0.3) is 0 Å². The summed E-state index contributed by atoms with van der Waals surface area (Å²) in [5.74, 6) is -2.81. The maximum Gasteiger partial charge on any atom is 0.326 e. The van der Waals surface area contributed by atoms with Crippen molar-refractivity contribution in [2.75, 3.05) is 19.6 Å². The Morgan fingerprint density at radius 2 is 1.52 bits per heavy atom. The average molecular weight is 303 g/mol. The average Bonchev–Trinajstić information content (AvgIpc) is 2.47. The van der Waals surface area contributed by atoms with Crippen molar-refractivity contribution in [1.29, 1.82) is 0 Å². The third kappa shape index (κ3) is 6.17. The van der Waals surface area contributed by atoms with Crippen LogP contribution in [-0.2, 0) is 14.4 Å². The van der Waals surface area contributed by atoms with E-state index in [1.807, 2.05) is 0 Å². The monoisotopic (exact) mass is 303 g/mol. The van der Waals surface area contributed by atoms with Gasteiger partial charge in [0.05, 0.1) is 12.6 Å². The number of nitrogens with two attached hydrogens (primary N) is 4. The van der Waals surface area contributed by atoms with Crippen molar-refractivity contribution in [2.24, 2.45) is 22.9 Å². The largest absolute Gasteiger partial charge is 0.480 e. The summed E-state index contributed by atoms with van der Waals surface area (Å²) < 4.78 is 0. The molecule has 0 saturated heterocycles. The first-order valence-electron chi connectivity index (χ1n) is 6.85. The van der Waals surface area contributed by atoms with Gasteiger partial charge in [0.15, 0.2) is 0 Å². The molecular weight excluding hydrogens is 278 g/mol. The molecule has 0 aromatic heterocycles. The molecule has 0 radical (unpaired) electrons. The summed E-state index contributed by atoms with van der Waals surface area (Å²) in [6, 6.07) is -2.29. The molecule has 2 amide bonds. The Bertz CT molecular complexity index is 364. The normalized spacial score (nSPS) is 13.5. The topological polar surface area (TPSA) is 179 Å². The Morgan fingerprint density at radius 3 is 1.95 bits per heavy atom. The van der Waals surface area contributed by atoms with Crippen molar-refractivity contribution in [1.82, 2.24) is 4.90 Å². The molecule has 0 aliphatic rings. The first-order chi connectivity index (χ1) is 9.90. The molecule has 0 aliphatic heterocycles. The standard InChI is InChI=1S/C12H25N5O4/c13-5-1-3-8(16)11(19)17(10(18)7-15)9(12(20)21)4-2-6-14/h8-9H,1-7,13-16H2,(H,20,21). The van der Waals surface area contributed by atoms with E-state index in [1.165, 1.54) is 0 Å². The molecule has 0 aromatic carbocycles. The highest BCUT2D eigenvalue weighted by molar-refractivity contribution is 6.01. The number of hydrogen-bond donors (Lipinski definition) is 5. The van der Waals surface area contributed by atoms with E-state index in [0.29, 0.717) is 24.3 Å². The highest BCUT2D eigenvalue weighted by Crippen LogP contribution is 2.11. The Balaban J connectivity index is 5.18. The second-order valence-electron chi connectivity index (χ2n) is 4.63. The minimum absolute atomic E-state index is 0.0624. The molecule has 9 heteroatoms. The number of carbonyl (C=O) groups is 3. The van der Waals surface area contributed by atoms with Crippen LogP contribution in [0.4, 0.5) is 0 Å². The van der Waals surface area contributed by atoms with Gasteiger partial charge in [-0.3, -0.25) is 14.5 Å². The smallest absolute Gasteiger partial charge is 0.326 e. The van der Waals surface area contributed by atoms with Crippen molar-refractivity contribution >= 4 is 17.8 Å². The third-order valence-electron chi connectivity index (χ3n) is 3.00. The summed E-state index contributed by atoms with van der Waals surface area (Å²) in [5, 5.41) is 9.23. The lowest BCUT2D eigenvalue weighted by molar-refractivity contribution is -0.158. The molecule has 0 heterocycles. The lowest BCUT2D eigenvalue weighted by Crippen LogP contribution is -2.55. The van der Waals surface area contributed by atoms with Gasteiger partial charge in [0.25, 0.3) is 0 Å². The van der Waals surface area contributed by atoms with E-state index in [4.69, 9.17) is 22.9 Å². The van der Waals surface area contributed by atoms with Crippen LogP contribution in [0.15, 0.2) is 0 Å². The van der Waals surface area contributed by atoms with Crippen LogP contribution in [0.5, 0.6) is 0 Å². The molecule has 2 atom stereocenters. The quantitative estimate of drug-likeness (QED) is 0.295. The zero-order valence-electron chi connectivity index (χ0n) is 12.0. The van der Waals surface area contributed by atoms with Crippen LogP contribution >= 0.6 is 0 Å². The first kappa shape index (κ1) is 19.4. The summed E-state index contributed by atoms with van der Waals surface area (Å²) in [4.78, 5) is 36.1. The third-order valence-corrected chi connectivity index (χ3v) is 3.00. The maximum atomic E-state index is 12.2. The van der Waals surface area contributed by atoms with Gasteiger partial charge in [-0.1, -0.05) is 0 Å². The lowest BCUT2D eigenvalue weighted by Gasteiger charge is -2.29. The van der Waals surface area contributed by atoms with E-state index in [0.717, 1.165) is 0 Å². The molecule has 0 spiro atoms. The fraction of sp³-hybridized carbons (Fsp3) is 0.750. The van der Waals surface area contributed by atoms with Crippen LogP contribution in [0.1, 0.15) is 25.7 Å².